The van der Waals surface area contributed by atoms with Crippen LogP contribution in [0.1, 0.15) is 16.5 Å². The molecule has 2 aromatic rings. The Labute approximate surface area is 123 Å². The van der Waals surface area contributed by atoms with Crippen molar-refractivity contribution in [3.05, 3.63) is 40.9 Å². The lowest BCUT2D eigenvalue weighted by Crippen LogP contribution is -2.12. The molecule has 1 heterocycles. The summed E-state index contributed by atoms with van der Waals surface area (Å²) in [6.45, 7) is 0.0329. The molecular weight excluding hydrogens is 305 g/mol. The molecule has 1 aromatic heterocycles. The third kappa shape index (κ3) is 3.85. The largest absolute Gasteiger partial charge is 0.496 e. The summed E-state index contributed by atoms with van der Waals surface area (Å²) in [6, 6.07) is 6.89. The lowest BCUT2D eigenvalue weighted by atomic mass is 10.1. The molecule has 1 unspecified atom stereocenters. The number of aliphatic hydroxyl groups excluding tert-OH is 1. The summed E-state index contributed by atoms with van der Waals surface area (Å²) in [4.78, 5) is 2.86. The second kappa shape index (κ2) is 6.31. The van der Waals surface area contributed by atoms with Gasteiger partial charge in [-0.15, -0.1) is 0 Å². The molecule has 114 valence electrons. The summed E-state index contributed by atoms with van der Waals surface area (Å²) in [5, 5.41) is 12.9. The van der Waals surface area contributed by atoms with Crippen molar-refractivity contribution in [1.29, 1.82) is 0 Å². The number of nitrogens with one attached hydrogen (secondary N) is 1. The van der Waals surface area contributed by atoms with Crippen LogP contribution < -0.4 is 10.1 Å². The highest BCUT2D eigenvalue weighted by atomic mass is 32.1. The Morgan fingerprint density at radius 2 is 2.10 bits per heavy atom. The highest BCUT2D eigenvalue weighted by Gasteiger charge is 2.33. The number of hydrogen-bond acceptors (Lipinski definition) is 5. The van der Waals surface area contributed by atoms with Gasteiger partial charge in [0, 0.05) is 12.1 Å². The summed E-state index contributed by atoms with van der Waals surface area (Å²) in [5.74, 6) is 0.516. The number of aliphatic hydroxyl groups is 1. The first kappa shape index (κ1) is 15.6. The van der Waals surface area contributed by atoms with E-state index in [4.69, 9.17) is 4.74 Å². The zero-order valence-electron chi connectivity index (χ0n) is 11.0. The van der Waals surface area contributed by atoms with E-state index in [1.54, 1.807) is 24.3 Å². The van der Waals surface area contributed by atoms with Crippen molar-refractivity contribution in [3.63, 3.8) is 0 Å². The van der Waals surface area contributed by atoms with Crippen molar-refractivity contribution in [2.75, 3.05) is 19.0 Å². The van der Waals surface area contributed by atoms with E-state index in [0.29, 0.717) is 22.6 Å². The number of rotatable bonds is 5. The molecule has 0 radical (unpaired) electrons. The van der Waals surface area contributed by atoms with Crippen LogP contribution in [0.3, 0.4) is 0 Å². The highest BCUT2D eigenvalue weighted by molar-refractivity contribution is 7.15. The molecule has 4 nitrogen and oxygen atoms in total. The number of hydrogen-bond donors (Lipinski definition) is 2. The van der Waals surface area contributed by atoms with Gasteiger partial charge in [-0.1, -0.05) is 29.5 Å². The van der Waals surface area contributed by atoms with Gasteiger partial charge in [0.1, 0.15) is 10.6 Å². The normalized spacial score (nSPS) is 13.0. The predicted octanol–water partition coefficient (Wildman–Crippen LogP) is 3.32. The third-order valence-electron chi connectivity index (χ3n) is 2.73. The molecule has 0 bridgehead atoms. The van der Waals surface area contributed by atoms with E-state index in [0.717, 1.165) is 6.20 Å². The van der Waals surface area contributed by atoms with E-state index in [1.807, 2.05) is 0 Å². The molecule has 0 spiro atoms. The van der Waals surface area contributed by atoms with E-state index in [9.17, 15) is 18.3 Å². The number of alkyl halides is 3. The maximum absolute atomic E-state index is 12.4. The van der Waals surface area contributed by atoms with Gasteiger partial charge in [0.25, 0.3) is 0 Å². The minimum absolute atomic E-state index is 0.0329. The fourth-order valence-electron chi connectivity index (χ4n) is 1.72. The van der Waals surface area contributed by atoms with Crippen LogP contribution in [-0.4, -0.2) is 23.7 Å². The van der Waals surface area contributed by atoms with E-state index in [-0.39, 0.29) is 11.7 Å². The number of nitrogens with zero attached hydrogens (tertiary/aromatic N) is 1. The zero-order valence-corrected chi connectivity index (χ0v) is 11.8. The van der Waals surface area contributed by atoms with Crippen molar-refractivity contribution in [2.45, 2.75) is 12.3 Å². The molecule has 0 amide bonds. The van der Waals surface area contributed by atoms with Gasteiger partial charge in [-0.05, 0) is 6.07 Å². The Kier molecular flexibility index (Phi) is 4.69. The number of ether oxygens (including phenoxy) is 1. The van der Waals surface area contributed by atoms with Gasteiger partial charge in [-0.2, -0.15) is 13.2 Å². The lowest BCUT2D eigenvalue weighted by Gasteiger charge is -2.14. The number of benzene rings is 1. The quantitative estimate of drug-likeness (QED) is 0.888. The second-order valence-corrected chi connectivity index (χ2v) is 5.20. The van der Waals surface area contributed by atoms with Gasteiger partial charge >= 0.3 is 6.18 Å². The van der Waals surface area contributed by atoms with Gasteiger partial charge in [-0.3, -0.25) is 0 Å². The van der Waals surface area contributed by atoms with Crippen molar-refractivity contribution < 1.29 is 23.0 Å². The summed E-state index contributed by atoms with van der Waals surface area (Å²) >= 11 is 0.497. The summed E-state index contributed by atoms with van der Waals surface area (Å²) in [7, 11) is 1.48. The predicted molar refractivity (Wildman–Crippen MR) is 73.6 cm³/mol. The Morgan fingerprint density at radius 3 is 2.71 bits per heavy atom. The van der Waals surface area contributed by atoms with Crippen LogP contribution in [0.15, 0.2) is 30.5 Å². The Hall–Kier alpha value is -1.80. The van der Waals surface area contributed by atoms with Crippen LogP contribution >= 0.6 is 11.3 Å². The fourth-order valence-corrected chi connectivity index (χ4v) is 2.41. The standard InChI is InChI=1S/C13H13F3N2O2S/c1-20-10-5-3-2-4-8(10)9(19)6-17-12-18-7-11(21-12)13(14,15)16/h2-5,7,9,19H,6H2,1H3,(H,17,18). The number of para-hydroxylation sites is 1. The molecule has 0 saturated heterocycles. The van der Waals surface area contributed by atoms with E-state index in [1.165, 1.54) is 7.11 Å². The number of anilines is 1. The molecular formula is C13H13F3N2O2S. The van der Waals surface area contributed by atoms with Crippen LogP contribution in [0.2, 0.25) is 0 Å². The summed E-state index contributed by atoms with van der Waals surface area (Å²) in [6.07, 6.45) is -4.55. The molecule has 0 aliphatic heterocycles. The molecule has 0 fully saturated rings. The summed E-state index contributed by atoms with van der Waals surface area (Å²) < 4.78 is 42.4. The van der Waals surface area contributed by atoms with Crippen LogP contribution in [0, 0.1) is 0 Å². The average molecular weight is 318 g/mol. The van der Waals surface area contributed by atoms with E-state index in [2.05, 4.69) is 10.3 Å². The highest BCUT2D eigenvalue weighted by Crippen LogP contribution is 2.35. The van der Waals surface area contributed by atoms with Crippen LogP contribution in [0.5, 0.6) is 5.75 Å². The zero-order chi connectivity index (χ0) is 15.5. The van der Waals surface area contributed by atoms with Gasteiger partial charge in [0.2, 0.25) is 0 Å². The first-order valence-electron chi connectivity index (χ1n) is 5.99. The van der Waals surface area contributed by atoms with Crippen LogP contribution in [0.4, 0.5) is 18.3 Å². The van der Waals surface area contributed by atoms with Crippen molar-refractivity contribution in [2.24, 2.45) is 0 Å². The first-order valence-corrected chi connectivity index (χ1v) is 6.81. The molecule has 0 aliphatic carbocycles. The Balaban J connectivity index is 2.01. The average Bonchev–Trinajstić information content (AvgIpc) is 2.93. The number of methoxy groups -OCH3 is 1. The molecule has 8 heteroatoms. The lowest BCUT2D eigenvalue weighted by molar-refractivity contribution is -0.134. The van der Waals surface area contributed by atoms with Crippen molar-refractivity contribution in [1.82, 2.24) is 4.98 Å². The topological polar surface area (TPSA) is 54.4 Å². The molecule has 0 saturated carbocycles. The Bertz CT molecular complexity index is 601. The maximum Gasteiger partial charge on any atom is 0.427 e. The SMILES string of the molecule is COc1ccccc1C(O)CNc1ncc(C(F)(F)F)s1. The number of aromatic nitrogens is 1. The number of thiazole rings is 1. The van der Waals surface area contributed by atoms with Crippen molar-refractivity contribution >= 4 is 16.5 Å². The summed E-state index contributed by atoms with van der Waals surface area (Å²) in [5.41, 5.74) is 0.556. The second-order valence-electron chi connectivity index (χ2n) is 4.17. The van der Waals surface area contributed by atoms with Crippen LogP contribution in [0.25, 0.3) is 0 Å². The molecule has 1 aromatic carbocycles. The van der Waals surface area contributed by atoms with Gasteiger partial charge < -0.3 is 15.2 Å². The fraction of sp³-hybridized carbons (Fsp3) is 0.308. The van der Waals surface area contributed by atoms with Crippen LogP contribution in [-0.2, 0) is 6.18 Å². The minimum Gasteiger partial charge on any atom is -0.496 e. The molecule has 2 rings (SSSR count). The maximum atomic E-state index is 12.4. The van der Waals surface area contributed by atoms with Gasteiger partial charge in [-0.25, -0.2) is 4.98 Å². The molecule has 2 N–H and O–H groups in total. The van der Waals surface area contributed by atoms with E-state index < -0.39 is 17.2 Å². The van der Waals surface area contributed by atoms with Gasteiger partial charge in [0.05, 0.1) is 19.4 Å². The van der Waals surface area contributed by atoms with Crippen molar-refractivity contribution in [3.8, 4) is 5.75 Å². The van der Waals surface area contributed by atoms with Gasteiger partial charge in [0.15, 0.2) is 5.13 Å². The minimum atomic E-state index is -4.40. The van der Waals surface area contributed by atoms with E-state index >= 15 is 0 Å². The first-order chi connectivity index (χ1) is 9.91. The molecule has 21 heavy (non-hydrogen) atoms. The number of halogens is 3. The molecule has 0 aliphatic rings. The molecule has 1 atom stereocenters. The third-order valence-corrected chi connectivity index (χ3v) is 3.73. The monoisotopic (exact) mass is 318 g/mol. The smallest absolute Gasteiger partial charge is 0.427 e. The Morgan fingerprint density at radius 1 is 1.38 bits per heavy atom.